The van der Waals surface area contributed by atoms with E-state index in [-0.39, 0.29) is 5.88 Å². The van der Waals surface area contributed by atoms with E-state index in [1.165, 1.54) is 0 Å². The van der Waals surface area contributed by atoms with Crippen LogP contribution in [0.25, 0.3) is 11.3 Å². The first-order valence-corrected chi connectivity index (χ1v) is 7.73. The molecule has 0 aliphatic heterocycles. The Balaban J connectivity index is 1.99. The fraction of sp³-hybridized carbons (Fsp3) is 0.105. The third-order valence-electron chi connectivity index (χ3n) is 3.71. The lowest BCUT2D eigenvalue weighted by Gasteiger charge is -2.11. The van der Waals surface area contributed by atoms with Crippen LogP contribution in [-0.2, 0) is 6.61 Å². The maximum Gasteiger partial charge on any atom is 0.209 e. The van der Waals surface area contributed by atoms with Gasteiger partial charge in [-0.25, -0.2) is 0 Å². The van der Waals surface area contributed by atoms with Gasteiger partial charge < -0.3 is 14.9 Å². The van der Waals surface area contributed by atoms with Crippen molar-refractivity contribution in [3.05, 3.63) is 70.2 Å². The Bertz CT molecular complexity index is 911. The molecular formula is C19H15ClN2O2. The zero-order valence-electron chi connectivity index (χ0n) is 13.0. The van der Waals surface area contributed by atoms with E-state index < -0.39 is 0 Å². The van der Waals surface area contributed by atoms with E-state index in [0.717, 1.165) is 5.56 Å². The summed E-state index contributed by atoms with van der Waals surface area (Å²) in [5.41, 5.74) is 8.50. The van der Waals surface area contributed by atoms with Crippen LogP contribution in [0.2, 0.25) is 5.02 Å². The summed E-state index contributed by atoms with van der Waals surface area (Å²) in [7, 11) is 0. The lowest BCUT2D eigenvalue weighted by atomic mass is 10.1. The van der Waals surface area contributed by atoms with Gasteiger partial charge in [0, 0.05) is 10.6 Å². The van der Waals surface area contributed by atoms with Gasteiger partial charge in [-0.3, -0.25) is 0 Å². The minimum absolute atomic E-state index is 0.0963. The molecule has 1 aromatic heterocycles. The lowest BCUT2D eigenvalue weighted by molar-refractivity contribution is 0.307. The van der Waals surface area contributed by atoms with Crippen molar-refractivity contribution >= 4 is 17.5 Å². The Morgan fingerprint density at radius 1 is 1.21 bits per heavy atom. The summed E-state index contributed by atoms with van der Waals surface area (Å²) in [4.78, 5) is 0. The van der Waals surface area contributed by atoms with Gasteiger partial charge in [-0.2, -0.15) is 5.26 Å². The van der Waals surface area contributed by atoms with Crippen LogP contribution in [0, 0.1) is 18.3 Å². The molecule has 24 heavy (non-hydrogen) atoms. The quantitative estimate of drug-likeness (QED) is 0.731. The highest BCUT2D eigenvalue weighted by molar-refractivity contribution is 6.31. The monoisotopic (exact) mass is 338 g/mol. The number of ether oxygens (including phenoxy) is 1. The highest BCUT2D eigenvalue weighted by atomic mass is 35.5. The Morgan fingerprint density at radius 2 is 1.96 bits per heavy atom. The Hall–Kier alpha value is -2.90. The van der Waals surface area contributed by atoms with E-state index >= 15 is 0 Å². The summed E-state index contributed by atoms with van der Waals surface area (Å²) >= 11 is 6.12. The molecule has 120 valence electrons. The number of furan rings is 1. The third kappa shape index (κ3) is 3.08. The minimum atomic E-state index is 0.0963. The first-order chi connectivity index (χ1) is 11.6. The number of hydrogen-bond acceptors (Lipinski definition) is 4. The number of nitrogens with two attached hydrogens (primary N) is 1. The second kappa shape index (κ2) is 6.69. The molecular weight excluding hydrogens is 324 g/mol. The molecule has 3 rings (SSSR count). The second-order valence-corrected chi connectivity index (χ2v) is 5.76. The number of nitrogen functional groups attached to an aromatic ring is 1. The Kier molecular flexibility index (Phi) is 4.45. The summed E-state index contributed by atoms with van der Waals surface area (Å²) in [5.74, 6) is 1.21. The maximum atomic E-state index is 9.19. The molecule has 2 aromatic carbocycles. The van der Waals surface area contributed by atoms with E-state index in [4.69, 9.17) is 26.5 Å². The van der Waals surface area contributed by atoms with E-state index in [2.05, 4.69) is 6.07 Å². The van der Waals surface area contributed by atoms with Crippen LogP contribution in [0.5, 0.6) is 5.75 Å². The summed E-state index contributed by atoms with van der Waals surface area (Å²) in [6.45, 7) is 2.20. The summed E-state index contributed by atoms with van der Waals surface area (Å²) in [6, 6.07) is 17.2. The standard InChI is InChI=1S/C19H15ClN2O2/c1-12-16(10-21)19(22)24-18(12)15-9-14(20)7-8-17(15)23-11-13-5-3-2-4-6-13/h2-9H,11,22H2,1H3. The maximum absolute atomic E-state index is 9.19. The van der Waals surface area contributed by atoms with Crippen molar-refractivity contribution in [2.75, 3.05) is 5.73 Å². The van der Waals surface area contributed by atoms with E-state index in [1.54, 1.807) is 25.1 Å². The number of hydrogen-bond donors (Lipinski definition) is 1. The summed E-state index contributed by atoms with van der Waals surface area (Å²) in [6.07, 6.45) is 0. The molecule has 0 bridgehead atoms. The van der Waals surface area contributed by atoms with Crippen LogP contribution >= 0.6 is 11.6 Å². The highest BCUT2D eigenvalue weighted by Crippen LogP contribution is 2.39. The van der Waals surface area contributed by atoms with Crippen LogP contribution in [0.4, 0.5) is 5.88 Å². The Morgan fingerprint density at radius 3 is 2.62 bits per heavy atom. The second-order valence-electron chi connectivity index (χ2n) is 5.32. The van der Waals surface area contributed by atoms with Crippen LogP contribution in [0.15, 0.2) is 52.9 Å². The minimum Gasteiger partial charge on any atom is -0.488 e. The van der Waals surface area contributed by atoms with Gasteiger partial charge in [-0.05, 0) is 30.7 Å². The van der Waals surface area contributed by atoms with Crippen LogP contribution in [-0.4, -0.2) is 0 Å². The number of nitriles is 1. The predicted octanol–water partition coefficient (Wildman–Crippen LogP) is 4.94. The molecule has 0 spiro atoms. The van der Waals surface area contributed by atoms with Gasteiger partial charge in [-0.1, -0.05) is 41.9 Å². The largest absolute Gasteiger partial charge is 0.488 e. The zero-order chi connectivity index (χ0) is 17.1. The van der Waals surface area contributed by atoms with E-state index in [9.17, 15) is 5.26 Å². The SMILES string of the molecule is Cc1c(-c2cc(Cl)ccc2OCc2ccccc2)oc(N)c1C#N. The van der Waals surface area contributed by atoms with Gasteiger partial charge in [0.25, 0.3) is 0 Å². The molecule has 4 nitrogen and oxygen atoms in total. The fourth-order valence-corrected chi connectivity index (χ4v) is 2.64. The fourth-order valence-electron chi connectivity index (χ4n) is 2.47. The number of nitrogens with zero attached hydrogens (tertiary/aromatic N) is 1. The molecule has 0 saturated carbocycles. The molecule has 0 aliphatic carbocycles. The van der Waals surface area contributed by atoms with Crippen molar-refractivity contribution < 1.29 is 9.15 Å². The number of benzene rings is 2. The van der Waals surface area contributed by atoms with Crippen molar-refractivity contribution in [2.24, 2.45) is 0 Å². The predicted molar refractivity (Wildman–Crippen MR) is 93.8 cm³/mol. The van der Waals surface area contributed by atoms with Crippen molar-refractivity contribution in [1.82, 2.24) is 0 Å². The van der Waals surface area contributed by atoms with Gasteiger partial charge >= 0.3 is 0 Å². The molecule has 0 fully saturated rings. The molecule has 0 amide bonds. The van der Waals surface area contributed by atoms with E-state index in [1.807, 2.05) is 30.3 Å². The number of halogens is 1. The lowest BCUT2D eigenvalue weighted by Crippen LogP contribution is -1.97. The molecule has 2 N–H and O–H groups in total. The summed E-state index contributed by atoms with van der Waals surface area (Å²) in [5, 5.41) is 9.73. The van der Waals surface area contributed by atoms with Crippen LogP contribution in [0.3, 0.4) is 0 Å². The first-order valence-electron chi connectivity index (χ1n) is 7.35. The average molecular weight is 339 g/mol. The molecule has 0 aliphatic rings. The topological polar surface area (TPSA) is 72.2 Å². The van der Waals surface area contributed by atoms with Gasteiger partial charge in [0.1, 0.15) is 29.7 Å². The normalized spacial score (nSPS) is 10.4. The third-order valence-corrected chi connectivity index (χ3v) is 3.94. The Labute approximate surface area is 145 Å². The molecule has 3 aromatic rings. The molecule has 0 unspecified atom stereocenters. The average Bonchev–Trinajstić information content (AvgIpc) is 2.88. The van der Waals surface area contributed by atoms with Crippen molar-refractivity contribution in [1.29, 1.82) is 5.26 Å². The van der Waals surface area contributed by atoms with Crippen LogP contribution < -0.4 is 10.5 Å². The van der Waals surface area contributed by atoms with Crippen molar-refractivity contribution in [3.8, 4) is 23.1 Å². The molecule has 0 atom stereocenters. The summed E-state index contributed by atoms with van der Waals surface area (Å²) < 4.78 is 11.5. The molecule has 1 heterocycles. The van der Waals surface area contributed by atoms with Crippen LogP contribution in [0.1, 0.15) is 16.7 Å². The molecule has 0 saturated heterocycles. The smallest absolute Gasteiger partial charge is 0.209 e. The first kappa shape index (κ1) is 16.0. The van der Waals surface area contributed by atoms with E-state index in [0.29, 0.717) is 39.8 Å². The highest BCUT2D eigenvalue weighted by Gasteiger charge is 2.20. The van der Waals surface area contributed by atoms with Gasteiger partial charge in [-0.15, -0.1) is 0 Å². The number of anilines is 1. The van der Waals surface area contributed by atoms with Crippen molar-refractivity contribution in [3.63, 3.8) is 0 Å². The molecule has 0 radical (unpaired) electrons. The van der Waals surface area contributed by atoms with Crippen molar-refractivity contribution in [2.45, 2.75) is 13.5 Å². The van der Waals surface area contributed by atoms with Gasteiger partial charge in [0.15, 0.2) is 0 Å². The van der Waals surface area contributed by atoms with Gasteiger partial charge in [0.05, 0.1) is 5.56 Å². The number of rotatable bonds is 4. The van der Waals surface area contributed by atoms with Gasteiger partial charge in [0.2, 0.25) is 5.88 Å². The zero-order valence-corrected chi connectivity index (χ0v) is 13.8. The molecule has 5 heteroatoms.